The summed E-state index contributed by atoms with van der Waals surface area (Å²) in [5.41, 5.74) is 0.00497. The van der Waals surface area contributed by atoms with Crippen molar-refractivity contribution in [2.24, 2.45) is 0 Å². The lowest BCUT2D eigenvalue weighted by Crippen LogP contribution is -2.23. The van der Waals surface area contributed by atoms with Crippen LogP contribution < -0.4 is 5.32 Å². The van der Waals surface area contributed by atoms with Crippen molar-refractivity contribution in [3.8, 4) is 0 Å². The number of para-hydroxylation sites is 1. The minimum absolute atomic E-state index is 0.0888. The summed E-state index contributed by atoms with van der Waals surface area (Å²) in [6.07, 6.45) is 1.35. The van der Waals surface area contributed by atoms with Gasteiger partial charge in [0.25, 0.3) is 11.7 Å². The normalized spacial score (nSPS) is 10.7. The Balaban J connectivity index is 1.91. The van der Waals surface area contributed by atoms with Crippen molar-refractivity contribution in [1.82, 2.24) is 4.98 Å². The first-order valence-electron chi connectivity index (χ1n) is 6.53. The van der Waals surface area contributed by atoms with Gasteiger partial charge < -0.3 is 10.3 Å². The van der Waals surface area contributed by atoms with Gasteiger partial charge in [-0.15, -0.1) is 0 Å². The molecule has 0 saturated heterocycles. The molecule has 0 aliphatic heterocycles. The van der Waals surface area contributed by atoms with Crippen molar-refractivity contribution in [2.45, 2.75) is 0 Å². The number of carbonyl (C=O) groups excluding carboxylic acids is 2. The molecule has 2 aromatic carbocycles. The number of Topliss-reactive ketones (excluding diaryl/α,β-unsaturated/α-hetero) is 1. The number of amides is 1. The second-order valence-corrected chi connectivity index (χ2v) is 5.21. The number of hydrogen-bond donors (Lipinski definition) is 2. The van der Waals surface area contributed by atoms with Gasteiger partial charge in [-0.25, -0.2) is 8.78 Å². The molecule has 7 heteroatoms. The molecule has 0 atom stereocenters. The van der Waals surface area contributed by atoms with E-state index in [4.69, 9.17) is 11.6 Å². The van der Waals surface area contributed by atoms with E-state index >= 15 is 0 Å². The van der Waals surface area contributed by atoms with Gasteiger partial charge in [0.2, 0.25) is 0 Å². The van der Waals surface area contributed by atoms with Crippen LogP contribution in [0.3, 0.4) is 0 Å². The van der Waals surface area contributed by atoms with Crippen LogP contribution in [0.4, 0.5) is 14.5 Å². The molecule has 23 heavy (non-hydrogen) atoms. The molecule has 0 bridgehead atoms. The number of carbonyl (C=O) groups is 2. The van der Waals surface area contributed by atoms with Gasteiger partial charge in [-0.1, -0.05) is 23.7 Å². The first-order valence-corrected chi connectivity index (χ1v) is 6.91. The summed E-state index contributed by atoms with van der Waals surface area (Å²) in [6.45, 7) is 0. The lowest BCUT2D eigenvalue weighted by molar-refractivity contribution is -0.112. The maximum atomic E-state index is 13.5. The van der Waals surface area contributed by atoms with Crippen LogP contribution >= 0.6 is 11.6 Å². The first-order chi connectivity index (χ1) is 11.0. The number of rotatable bonds is 3. The van der Waals surface area contributed by atoms with E-state index < -0.39 is 29.0 Å². The number of anilines is 1. The molecule has 0 aliphatic rings. The highest BCUT2D eigenvalue weighted by atomic mass is 35.5. The van der Waals surface area contributed by atoms with E-state index in [-0.39, 0.29) is 5.56 Å². The maximum Gasteiger partial charge on any atom is 0.297 e. The number of hydrogen-bond acceptors (Lipinski definition) is 2. The predicted octanol–water partition coefficient (Wildman–Crippen LogP) is 3.92. The smallest absolute Gasteiger partial charge is 0.297 e. The van der Waals surface area contributed by atoms with Crippen molar-refractivity contribution < 1.29 is 18.4 Å². The number of halogens is 3. The number of aromatic amines is 1. The molecule has 0 fully saturated rings. The molecule has 3 aromatic rings. The zero-order chi connectivity index (χ0) is 16.6. The number of H-pyrrole nitrogens is 1. The molecular formula is C16H9ClF2N2O2. The number of nitrogens with one attached hydrogen (secondary N) is 2. The molecule has 0 aliphatic carbocycles. The zero-order valence-corrected chi connectivity index (χ0v) is 12.2. The van der Waals surface area contributed by atoms with E-state index in [0.29, 0.717) is 15.9 Å². The van der Waals surface area contributed by atoms with Crippen LogP contribution in [0.5, 0.6) is 0 Å². The van der Waals surface area contributed by atoms with Crippen LogP contribution in [0, 0.1) is 11.6 Å². The Labute approximate surface area is 134 Å². The van der Waals surface area contributed by atoms with Crippen LogP contribution in [0.1, 0.15) is 10.4 Å². The van der Waals surface area contributed by atoms with Gasteiger partial charge in [-0.3, -0.25) is 9.59 Å². The number of aromatic nitrogens is 1. The van der Waals surface area contributed by atoms with Gasteiger partial charge in [0, 0.05) is 22.1 Å². The van der Waals surface area contributed by atoms with Crippen molar-refractivity contribution in [3.63, 3.8) is 0 Å². The maximum absolute atomic E-state index is 13.5. The summed E-state index contributed by atoms with van der Waals surface area (Å²) in [5, 5.41) is 2.92. The van der Waals surface area contributed by atoms with Crippen LogP contribution in [-0.2, 0) is 4.79 Å². The van der Waals surface area contributed by atoms with Gasteiger partial charge in [-0.2, -0.15) is 0 Å². The Bertz CT molecular complexity index is 917. The van der Waals surface area contributed by atoms with Crippen LogP contribution in [-0.4, -0.2) is 16.7 Å². The second-order valence-electron chi connectivity index (χ2n) is 4.77. The number of fused-ring (bicyclic) bond motifs is 1. The molecule has 1 heterocycles. The third kappa shape index (κ3) is 2.80. The minimum Gasteiger partial charge on any atom is -0.360 e. The monoisotopic (exact) mass is 334 g/mol. The molecule has 0 saturated carbocycles. The van der Waals surface area contributed by atoms with Crippen molar-refractivity contribution in [3.05, 3.63) is 64.8 Å². The van der Waals surface area contributed by atoms with Crippen molar-refractivity contribution >= 4 is 39.9 Å². The van der Waals surface area contributed by atoms with Crippen LogP contribution in [0.2, 0.25) is 5.02 Å². The molecule has 3 rings (SSSR count). The third-order valence-corrected chi connectivity index (χ3v) is 3.53. The topological polar surface area (TPSA) is 62.0 Å². The largest absolute Gasteiger partial charge is 0.360 e. The molecule has 1 aromatic heterocycles. The van der Waals surface area contributed by atoms with Crippen molar-refractivity contribution in [1.29, 1.82) is 0 Å². The first kappa shape index (κ1) is 15.2. The van der Waals surface area contributed by atoms with E-state index in [1.807, 2.05) is 5.32 Å². The van der Waals surface area contributed by atoms with Crippen molar-refractivity contribution in [2.75, 3.05) is 5.32 Å². The molecule has 0 radical (unpaired) electrons. The molecule has 0 spiro atoms. The van der Waals surface area contributed by atoms with E-state index in [2.05, 4.69) is 4.98 Å². The van der Waals surface area contributed by atoms with E-state index in [1.165, 1.54) is 6.20 Å². The quantitative estimate of drug-likeness (QED) is 0.563. The van der Waals surface area contributed by atoms with Gasteiger partial charge in [-0.05, 0) is 24.3 Å². The molecule has 0 unspecified atom stereocenters. The molecule has 2 N–H and O–H groups in total. The fourth-order valence-corrected chi connectivity index (χ4v) is 2.37. The average Bonchev–Trinajstić information content (AvgIpc) is 2.93. The Kier molecular flexibility index (Phi) is 3.83. The average molecular weight is 335 g/mol. The molecule has 116 valence electrons. The highest BCUT2D eigenvalue weighted by Crippen LogP contribution is 2.23. The van der Waals surface area contributed by atoms with E-state index in [0.717, 1.165) is 18.2 Å². The Hall–Kier alpha value is -2.73. The summed E-state index contributed by atoms with van der Waals surface area (Å²) in [4.78, 5) is 27.0. The molecule has 4 nitrogen and oxygen atoms in total. The van der Waals surface area contributed by atoms with Gasteiger partial charge in [0.1, 0.15) is 17.3 Å². The zero-order valence-electron chi connectivity index (χ0n) is 11.5. The fourth-order valence-electron chi connectivity index (χ4n) is 2.20. The van der Waals surface area contributed by atoms with Gasteiger partial charge >= 0.3 is 0 Å². The van der Waals surface area contributed by atoms with Crippen LogP contribution in [0.15, 0.2) is 42.6 Å². The Morgan fingerprint density at radius 3 is 2.48 bits per heavy atom. The summed E-state index contributed by atoms with van der Waals surface area (Å²) < 4.78 is 27.1. The third-order valence-electron chi connectivity index (χ3n) is 3.30. The fraction of sp³-hybridized carbons (Fsp3) is 0. The Morgan fingerprint density at radius 2 is 1.78 bits per heavy atom. The number of benzene rings is 2. The summed E-state index contributed by atoms with van der Waals surface area (Å²) in [7, 11) is 0. The summed E-state index contributed by atoms with van der Waals surface area (Å²) in [6, 6.07) is 7.88. The van der Waals surface area contributed by atoms with E-state index in [9.17, 15) is 18.4 Å². The summed E-state index contributed by atoms with van der Waals surface area (Å²) >= 11 is 5.84. The van der Waals surface area contributed by atoms with E-state index in [1.54, 1.807) is 18.2 Å². The van der Waals surface area contributed by atoms with Gasteiger partial charge in [0.05, 0.1) is 5.56 Å². The highest BCUT2D eigenvalue weighted by molar-refractivity contribution is 6.48. The Morgan fingerprint density at radius 1 is 1.09 bits per heavy atom. The summed E-state index contributed by atoms with van der Waals surface area (Å²) in [5.74, 6) is -3.97. The van der Waals surface area contributed by atoms with Crippen LogP contribution in [0.25, 0.3) is 10.9 Å². The SMILES string of the molecule is O=C(Nc1c(F)cccc1F)C(=O)c1c[nH]c2cc(Cl)ccc12. The molecular weight excluding hydrogens is 326 g/mol. The molecule has 1 amide bonds. The number of ketones is 1. The minimum atomic E-state index is -1.13. The highest BCUT2D eigenvalue weighted by Gasteiger charge is 2.22. The predicted molar refractivity (Wildman–Crippen MR) is 82.6 cm³/mol. The lowest BCUT2D eigenvalue weighted by Gasteiger charge is -2.06. The van der Waals surface area contributed by atoms with Gasteiger partial charge in [0.15, 0.2) is 0 Å². The standard InChI is InChI=1S/C16H9ClF2N2O2/c17-8-4-5-9-10(7-20-13(9)6-8)15(22)16(23)21-14-11(18)2-1-3-12(14)19/h1-7,20H,(H,21,23). The lowest BCUT2D eigenvalue weighted by atomic mass is 10.1. The second kappa shape index (κ2) is 5.81.